The Balaban J connectivity index is 2.10. The van der Waals surface area contributed by atoms with E-state index in [2.05, 4.69) is 27.3 Å². The Bertz CT molecular complexity index is 650. The molecule has 2 aromatic rings. The van der Waals surface area contributed by atoms with E-state index in [9.17, 15) is 0 Å². The van der Waals surface area contributed by atoms with Crippen LogP contribution in [0.2, 0.25) is 10.0 Å². The molecule has 0 heterocycles. The van der Waals surface area contributed by atoms with Crippen LogP contribution in [0.15, 0.2) is 40.9 Å². The lowest BCUT2D eigenvalue weighted by Crippen LogP contribution is -2.00. The van der Waals surface area contributed by atoms with Gasteiger partial charge in [-0.3, -0.25) is 0 Å². The number of nitrogens with zero attached hydrogens (tertiary/aromatic N) is 1. The molecule has 0 fully saturated rings. The van der Waals surface area contributed by atoms with Crippen molar-refractivity contribution in [2.24, 2.45) is 0 Å². The van der Waals surface area contributed by atoms with E-state index in [1.165, 1.54) is 0 Å². The number of hydrogen-bond acceptors (Lipinski definition) is 2. The van der Waals surface area contributed by atoms with Crippen molar-refractivity contribution in [3.05, 3.63) is 62.0 Å². The lowest BCUT2D eigenvalue weighted by molar-refractivity contribution is 1.15. The Morgan fingerprint density at radius 2 is 1.89 bits per heavy atom. The van der Waals surface area contributed by atoms with Crippen LogP contribution in [0.4, 0.5) is 5.69 Å². The summed E-state index contributed by atoms with van der Waals surface area (Å²) in [5.74, 6) is 0. The lowest BCUT2D eigenvalue weighted by atomic mass is 10.1. The molecular formula is C14H9BrCl2N2. The summed E-state index contributed by atoms with van der Waals surface area (Å²) in [6.45, 7) is 0.582. The molecule has 5 heteroatoms. The molecule has 1 N–H and O–H groups in total. The molecule has 0 amide bonds. The van der Waals surface area contributed by atoms with Crippen LogP contribution < -0.4 is 5.32 Å². The summed E-state index contributed by atoms with van der Waals surface area (Å²) in [6.07, 6.45) is 0. The molecule has 0 atom stereocenters. The number of hydrogen-bond donors (Lipinski definition) is 1. The first-order chi connectivity index (χ1) is 9.10. The minimum absolute atomic E-state index is 0.558. The highest BCUT2D eigenvalue weighted by atomic mass is 79.9. The van der Waals surface area contributed by atoms with Crippen LogP contribution in [-0.4, -0.2) is 0 Å². The Hall–Kier alpha value is -1.21. The molecule has 0 spiro atoms. The van der Waals surface area contributed by atoms with Crippen LogP contribution in [0.5, 0.6) is 0 Å². The zero-order valence-corrected chi connectivity index (χ0v) is 12.9. The van der Waals surface area contributed by atoms with Crippen LogP contribution in [-0.2, 0) is 6.54 Å². The second kappa shape index (κ2) is 6.29. The van der Waals surface area contributed by atoms with E-state index in [0.717, 1.165) is 15.7 Å². The summed E-state index contributed by atoms with van der Waals surface area (Å²) >= 11 is 15.4. The smallest absolute Gasteiger partial charge is 0.0992 e. The number of nitriles is 1. The Morgan fingerprint density at radius 1 is 1.11 bits per heavy atom. The van der Waals surface area contributed by atoms with Gasteiger partial charge in [-0.05, 0) is 51.8 Å². The van der Waals surface area contributed by atoms with E-state index in [1.807, 2.05) is 24.3 Å². The molecule has 0 aromatic heterocycles. The van der Waals surface area contributed by atoms with Gasteiger partial charge in [0, 0.05) is 21.7 Å². The molecular weight excluding hydrogens is 347 g/mol. The first-order valence-electron chi connectivity index (χ1n) is 5.47. The maximum absolute atomic E-state index is 8.78. The molecule has 0 bridgehead atoms. The fourth-order valence-corrected chi connectivity index (χ4v) is 2.31. The highest BCUT2D eigenvalue weighted by Crippen LogP contribution is 2.26. The monoisotopic (exact) mass is 354 g/mol. The van der Waals surface area contributed by atoms with Gasteiger partial charge in [0.25, 0.3) is 0 Å². The molecule has 2 rings (SSSR count). The predicted molar refractivity (Wildman–Crippen MR) is 82.6 cm³/mol. The van der Waals surface area contributed by atoms with Gasteiger partial charge < -0.3 is 5.32 Å². The van der Waals surface area contributed by atoms with Crippen molar-refractivity contribution in [1.29, 1.82) is 5.26 Å². The first kappa shape index (κ1) is 14.2. The number of anilines is 1. The summed E-state index contributed by atoms with van der Waals surface area (Å²) in [7, 11) is 0. The second-order valence-electron chi connectivity index (χ2n) is 3.90. The highest BCUT2D eigenvalue weighted by molar-refractivity contribution is 9.10. The topological polar surface area (TPSA) is 35.8 Å². The third-order valence-corrected chi connectivity index (χ3v) is 4.15. The van der Waals surface area contributed by atoms with Crippen molar-refractivity contribution >= 4 is 44.8 Å². The van der Waals surface area contributed by atoms with E-state index in [-0.39, 0.29) is 0 Å². The molecule has 0 aliphatic heterocycles. The van der Waals surface area contributed by atoms with Gasteiger partial charge in [-0.15, -0.1) is 0 Å². The van der Waals surface area contributed by atoms with E-state index in [1.54, 1.807) is 12.1 Å². The Labute approximate surface area is 130 Å². The standard InChI is InChI=1S/C14H9BrCl2N2/c15-12-6-11(3-4-13(12)16)19-8-10-2-1-9(7-18)5-14(10)17/h1-6,19H,8H2. The van der Waals surface area contributed by atoms with Crippen molar-refractivity contribution in [3.8, 4) is 6.07 Å². The molecule has 0 aliphatic rings. The number of nitrogens with one attached hydrogen (secondary N) is 1. The second-order valence-corrected chi connectivity index (χ2v) is 5.57. The maximum atomic E-state index is 8.78. The summed E-state index contributed by atoms with van der Waals surface area (Å²) in [6, 6.07) is 12.9. The van der Waals surface area contributed by atoms with Crippen LogP contribution in [0.3, 0.4) is 0 Å². The fourth-order valence-electron chi connectivity index (χ4n) is 1.56. The molecule has 19 heavy (non-hydrogen) atoms. The number of rotatable bonds is 3. The molecule has 0 aliphatic carbocycles. The van der Waals surface area contributed by atoms with Crippen molar-refractivity contribution < 1.29 is 0 Å². The molecule has 2 aromatic carbocycles. The van der Waals surface area contributed by atoms with Crippen LogP contribution in [0, 0.1) is 11.3 Å². The van der Waals surface area contributed by atoms with Gasteiger partial charge in [-0.2, -0.15) is 5.26 Å². The molecule has 2 nitrogen and oxygen atoms in total. The average Bonchev–Trinajstić information content (AvgIpc) is 2.41. The molecule has 0 saturated heterocycles. The van der Waals surface area contributed by atoms with E-state index >= 15 is 0 Å². The SMILES string of the molecule is N#Cc1ccc(CNc2ccc(Cl)c(Br)c2)c(Cl)c1. The number of halogens is 3. The highest BCUT2D eigenvalue weighted by Gasteiger charge is 2.03. The van der Waals surface area contributed by atoms with Gasteiger partial charge in [0.05, 0.1) is 16.7 Å². The third kappa shape index (κ3) is 3.63. The minimum Gasteiger partial charge on any atom is -0.381 e. The molecule has 0 saturated carbocycles. The van der Waals surface area contributed by atoms with Gasteiger partial charge >= 0.3 is 0 Å². The number of benzene rings is 2. The lowest BCUT2D eigenvalue weighted by Gasteiger charge is -2.09. The Morgan fingerprint density at radius 3 is 2.53 bits per heavy atom. The van der Waals surface area contributed by atoms with Gasteiger partial charge in [0.15, 0.2) is 0 Å². The third-order valence-electron chi connectivity index (χ3n) is 2.58. The van der Waals surface area contributed by atoms with Crippen LogP contribution in [0.25, 0.3) is 0 Å². The zero-order valence-electron chi connectivity index (χ0n) is 9.75. The van der Waals surface area contributed by atoms with Crippen LogP contribution in [0.1, 0.15) is 11.1 Å². The summed E-state index contributed by atoms with van der Waals surface area (Å²) in [5, 5.41) is 13.3. The van der Waals surface area contributed by atoms with Gasteiger partial charge in [0.1, 0.15) is 0 Å². The van der Waals surface area contributed by atoms with Crippen LogP contribution >= 0.6 is 39.1 Å². The summed E-state index contributed by atoms with van der Waals surface area (Å²) in [4.78, 5) is 0. The molecule has 96 valence electrons. The molecule has 0 unspecified atom stereocenters. The van der Waals surface area contributed by atoms with Crippen molar-refractivity contribution in [1.82, 2.24) is 0 Å². The quantitative estimate of drug-likeness (QED) is 0.817. The van der Waals surface area contributed by atoms with Gasteiger partial charge in [0.2, 0.25) is 0 Å². The first-order valence-corrected chi connectivity index (χ1v) is 7.02. The maximum Gasteiger partial charge on any atom is 0.0992 e. The van der Waals surface area contributed by atoms with E-state index < -0.39 is 0 Å². The molecule has 0 radical (unpaired) electrons. The predicted octanol–water partition coefficient (Wildman–Crippen LogP) is 5.24. The Kier molecular flexibility index (Phi) is 4.71. The largest absolute Gasteiger partial charge is 0.381 e. The van der Waals surface area contributed by atoms with E-state index in [0.29, 0.717) is 22.2 Å². The zero-order chi connectivity index (χ0) is 13.8. The van der Waals surface area contributed by atoms with E-state index in [4.69, 9.17) is 28.5 Å². The average molecular weight is 356 g/mol. The van der Waals surface area contributed by atoms with Crippen molar-refractivity contribution in [3.63, 3.8) is 0 Å². The van der Waals surface area contributed by atoms with Gasteiger partial charge in [-0.1, -0.05) is 29.3 Å². The van der Waals surface area contributed by atoms with Gasteiger partial charge in [-0.25, -0.2) is 0 Å². The van der Waals surface area contributed by atoms with Crippen molar-refractivity contribution in [2.45, 2.75) is 6.54 Å². The minimum atomic E-state index is 0.558. The van der Waals surface area contributed by atoms with Crippen molar-refractivity contribution in [2.75, 3.05) is 5.32 Å². The summed E-state index contributed by atoms with van der Waals surface area (Å²) < 4.78 is 0.838. The normalized spacial score (nSPS) is 10.0. The summed E-state index contributed by atoms with van der Waals surface area (Å²) in [5.41, 5.74) is 2.44. The fraction of sp³-hybridized carbons (Fsp3) is 0.0714.